The van der Waals surface area contributed by atoms with Crippen molar-refractivity contribution in [3.8, 4) is 0 Å². The number of piperazine rings is 1. The molecule has 2 aromatic rings. The van der Waals surface area contributed by atoms with Gasteiger partial charge in [-0.15, -0.1) is 24.0 Å². The SMILES string of the molecule is CCCC(=O)Nc1cccc(CNC(=NC)N2CCN(c3ccccn3)CC2)c1.I. The summed E-state index contributed by atoms with van der Waals surface area (Å²) >= 11 is 0. The van der Waals surface area contributed by atoms with Crippen molar-refractivity contribution in [2.24, 2.45) is 4.99 Å². The van der Waals surface area contributed by atoms with Crippen molar-refractivity contribution in [3.05, 3.63) is 54.2 Å². The second-order valence-electron chi connectivity index (χ2n) is 7.06. The predicted octanol–water partition coefficient (Wildman–Crippen LogP) is 3.34. The topological polar surface area (TPSA) is 72.9 Å². The highest BCUT2D eigenvalue weighted by Crippen LogP contribution is 2.14. The van der Waals surface area contributed by atoms with Crippen LogP contribution in [-0.2, 0) is 11.3 Å². The van der Waals surface area contributed by atoms with Crippen molar-refractivity contribution in [1.82, 2.24) is 15.2 Å². The van der Waals surface area contributed by atoms with Gasteiger partial charge in [0.25, 0.3) is 0 Å². The molecule has 8 heteroatoms. The molecule has 0 saturated carbocycles. The number of aliphatic imine (C=N–C) groups is 1. The molecule has 1 aliphatic heterocycles. The van der Waals surface area contributed by atoms with Gasteiger partial charge in [0, 0.05) is 58.1 Å². The highest BCUT2D eigenvalue weighted by atomic mass is 127. The minimum absolute atomic E-state index is 0. The lowest BCUT2D eigenvalue weighted by molar-refractivity contribution is -0.116. The zero-order valence-electron chi connectivity index (χ0n) is 17.7. The van der Waals surface area contributed by atoms with Gasteiger partial charge in [0.1, 0.15) is 5.82 Å². The van der Waals surface area contributed by atoms with E-state index >= 15 is 0 Å². The number of halogens is 1. The van der Waals surface area contributed by atoms with Gasteiger partial charge in [0.05, 0.1) is 0 Å². The lowest BCUT2D eigenvalue weighted by atomic mass is 10.2. The summed E-state index contributed by atoms with van der Waals surface area (Å²) in [5, 5.41) is 6.39. The molecule has 7 nitrogen and oxygen atoms in total. The van der Waals surface area contributed by atoms with E-state index in [9.17, 15) is 4.79 Å². The maximum atomic E-state index is 11.8. The van der Waals surface area contributed by atoms with Gasteiger partial charge in [-0.1, -0.05) is 25.1 Å². The smallest absolute Gasteiger partial charge is 0.224 e. The Morgan fingerprint density at radius 2 is 1.93 bits per heavy atom. The number of carbonyl (C=O) groups excluding carboxylic acids is 1. The van der Waals surface area contributed by atoms with Crippen LogP contribution in [0.15, 0.2) is 53.7 Å². The number of guanidine groups is 1. The third-order valence-corrected chi connectivity index (χ3v) is 4.90. The molecule has 3 rings (SSSR count). The maximum Gasteiger partial charge on any atom is 0.224 e. The first-order chi connectivity index (χ1) is 14.2. The highest BCUT2D eigenvalue weighted by Gasteiger charge is 2.20. The molecule has 162 valence electrons. The molecule has 1 saturated heterocycles. The summed E-state index contributed by atoms with van der Waals surface area (Å²) in [4.78, 5) is 25.3. The molecule has 2 heterocycles. The molecule has 0 radical (unpaired) electrons. The third-order valence-electron chi connectivity index (χ3n) is 4.90. The fourth-order valence-electron chi connectivity index (χ4n) is 3.41. The molecule has 0 unspecified atom stereocenters. The summed E-state index contributed by atoms with van der Waals surface area (Å²) in [5.41, 5.74) is 1.94. The van der Waals surface area contributed by atoms with Crippen molar-refractivity contribution >= 4 is 47.3 Å². The number of anilines is 2. The van der Waals surface area contributed by atoms with Crippen LogP contribution in [0.4, 0.5) is 11.5 Å². The van der Waals surface area contributed by atoms with Crippen LogP contribution in [0.2, 0.25) is 0 Å². The van der Waals surface area contributed by atoms with Crippen LogP contribution in [0, 0.1) is 0 Å². The first-order valence-corrected chi connectivity index (χ1v) is 10.2. The summed E-state index contributed by atoms with van der Waals surface area (Å²) in [6.45, 7) is 6.27. The van der Waals surface area contributed by atoms with Gasteiger partial charge >= 0.3 is 0 Å². The summed E-state index contributed by atoms with van der Waals surface area (Å²) < 4.78 is 0. The van der Waals surface area contributed by atoms with E-state index in [2.05, 4.69) is 42.5 Å². The Labute approximate surface area is 196 Å². The second-order valence-corrected chi connectivity index (χ2v) is 7.06. The van der Waals surface area contributed by atoms with E-state index in [0.717, 1.165) is 55.6 Å². The number of rotatable bonds is 6. The Hall–Kier alpha value is -2.36. The number of carbonyl (C=O) groups is 1. The molecule has 0 bridgehead atoms. The Morgan fingerprint density at radius 3 is 2.60 bits per heavy atom. The zero-order chi connectivity index (χ0) is 20.5. The normalized spacial score (nSPS) is 14.1. The fourth-order valence-corrected chi connectivity index (χ4v) is 3.41. The van der Waals surface area contributed by atoms with Crippen LogP contribution in [-0.4, -0.2) is 55.0 Å². The molecule has 0 atom stereocenters. The van der Waals surface area contributed by atoms with Gasteiger partial charge in [-0.25, -0.2) is 4.98 Å². The minimum Gasteiger partial charge on any atom is -0.353 e. The Morgan fingerprint density at radius 1 is 1.13 bits per heavy atom. The predicted molar refractivity (Wildman–Crippen MR) is 134 cm³/mol. The van der Waals surface area contributed by atoms with Gasteiger partial charge in [0.15, 0.2) is 5.96 Å². The van der Waals surface area contributed by atoms with E-state index in [-0.39, 0.29) is 29.9 Å². The van der Waals surface area contributed by atoms with Gasteiger partial charge in [-0.05, 0) is 36.2 Å². The number of aromatic nitrogens is 1. The van der Waals surface area contributed by atoms with Crippen LogP contribution >= 0.6 is 24.0 Å². The number of nitrogens with one attached hydrogen (secondary N) is 2. The molecule has 1 aromatic heterocycles. The largest absolute Gasteiger partial charge is 0.353 e. The standard InChI is InChI=1S/C22H30N6O.HI/c1-3-7-21(29)26-19-9-6-8-18(16-19)17-25-22(23-2)28-14-12-27(13-15-28)20-10-4-5-11-24-20;/h4-6,8-11,16H,3,7,12-15,17H2,1-2H3,(H,23,25)(H,26,29);1H. The van der Waals surface area contributed by atoms with Crippen LogP contribution in [0.5, 0.6) is 0 Å². The Bertz CT molecular complexity index is 821. The maximum absolute atomic E-state index is 11.8. The van der Waals surface area contributed by atoms with Crippen molar-refractivity contribution < 1.29 is 4.79 Å². The van der Waals surface area contributed by atoms with Crippen molar-refractivity contribution in [3.63, 3.8) is 0 Å². The summed E-state index contributed by atoms with van der Waals surface area (Å²) in [6.07, 6.45) is 3.22. The lowest BCUT2D eigenvalue weighted by Crippen LogP contribution is -2.52. The van der Waals surface area contributed by atoms with Gasteiger partial charge in [-0.2, -0.15) is 0 Å². The second kappa shape index (κ2) is 12.4. The summed E-state index contributed by atoms with van der Waals surface area (Å²) in [6, 6.07) is 14.0. The van der Waals surface area contributed by atoms with E-state index in [1.54, 1.807) is 0 Å². The lowest BCUT2D eigenvalue weighted by Gasteiger charge is -2.37. The third kappa shape index (κ3) is 6.86. The average molecular weight is 522 g/mol. The Kier molecular flexibility index (Phi) is 9.85. The highest BCUT2D eigenvalue weighted by molar-refractivity contribution is 14.0. The van der Waals surface area contributed by atoms with E-state index in [1.807, 2.05) is 50.5 Å². The molecule has 2 N–H and O–H groups in total. The number of amides is 1. The van der Waals surface area contributed by atoms with Crippen molar-refractivity contribution in [2.45, 2.75) is 26.3 Å². The van der Waals surface area contributed by atoms with Gasteiger partial charge < -0.3 is 20.4 Å². The summed E-state index contributed by atoms with van der Waals surface area (Å²) in [7, 11) is 1.81. The molecular weight excluding hydrogens is 491 g/mol. The van der Waals surface area contributed by atoms with E-state index in [1.165, 1.54) is 0 Å². The van der Waals surface area contributed by atoms with E-state index < -0.39 is 0 Å². The summed E-state index contributed by atoms with van der Waals surface area (Å²) in [5.74, 6) is 1.97. The van der Waals surface area contributed by atoms with Crippen LogP contribution < -0.4 is 15.5 Å². The van der Waals surface area contributed by atoms with Crippen LogP contribution in [0.3, 0.4) is 0 Å². The van der Waals surface area contributed by atoms with Gasteiger partial charge in [0.2, 0.25) is 5.91 Å². The van der Waals surface area contributed by atoms with E-state index in [4.69, 9.17) is 0 Å². The Balaban J connectivity index is 0.00000320. The monoisotopic (exact) mass is 522 g/mol. The van der Waals surface area contributed by atoms with Crippen LogP contribution in [0.25, 0.3) is 0 Å². The molecule has 0 aliphatic carbocycles. The van der Waals surface area contributed by atoms with E-state index in [0.29, 0.717) is 13.0 Å². The number of hydrogen-bond acceptors (Lipinski definition) is 4. The average Bonchev–Trinajstić information content (AvgIpc) is 2.76. The molecule has 0 spiro atoms. The first kappa shape index (κ1) is 23.9. The first-order valence-electron chi connectivity index (χ1n) is 10.2. The minimum atomic E-state index is 0. The number of nitrogens with zero attached hydrogens (tertiary/aromatic N) is 4. The number of pyridine rings is 1. The number of hydrogen-bond donors (Lipinski definition) is 2. The molecular formula is C22H31IN6O. The van der Waals surface area contributed by atoms with Crippen molar-refractivity contribution in [2.75, 3.05) is 43.4 Å². The molecule has 1 aromatic carbocycles. The zero-order valence-corrected chi connectivity index (χ0v) is 20.0. The molecule has 1 amide bonds. The van der Waals surface area contributed by atoms with Crippen LogP contribution in [0.1, 0.15) is 25.3 Å². The number of benzene rings is 1. The molecule has 1 aliphatic rings. The van der Waals surface area contributed by atoms with Gasteiger partial charge in [-0.3, -0.25) is 9.79 Å². The molecule has 1 fully saturated rings. The fraction of sp³-hybridized carbons (Fsp3) is 0.409. The molecule has 30 heavy (non-hydrogen) atoms. The van der Waals surface area contributed by atoms with Crippen molar-refractivity contribution in [1.29, 1.82) is 0 Å². The quantitative estimate of drug-likeness (QED) is 0.346.